The van der Waals surface area contributed by atoms with E-state index < -0.39 is 4.92 Å². The van der Waals surface area contributed by atoms with Crippen LogP contribution in [-0.2, 0) is 0 Å². The Labute approximate surface area is 105 Å². The van der Waals surface area contributed by atoms with E-state index in [0.717, 1.165) is 6.42 Å². The van der Waals surface area contributed by atoms with Gasteiger partial charge in [-0.05, 0) is 24.5 Å². The van der Waals surface area contributed by atoms with Gasteiger partial charge < -0.3 is 10.6 Å². The van der Waals surface area contributed by atoms with Gasteiger partial charge >= 0.3 is 5.69 Å². The number of nitrogens with one attached hydrogen (secondary N) is 2. The molecule has 1 aliphatic rings. The maximum absolute atomic E-state index is 12.0. The number of benzene rings is 1. The molecule has 6 nitrogen and oxygen atoms in total. The summed E-state index contributed by atoms with van der Waals surface area (Å²) in [7, 11) is 1.59. The van der Waals surface area contributed by atoms with Crippen molar-refractivity contribution in [2.75, 3.05) is 12.4 Å². The molecular weight excluding hydrogens is 234 g/mol. The lowest BCUT2D eigenvalue weighted by Crippen LogP contribution is -2.27. The number of anilines is 1. The minimum Gasteiger partial charge on any atom is -0.383 e. The summed E-state index contributed by atoms with van der Waals surface area (Å²) < 4.78 is 0. The van der Waals surface area contributed by atoms with Gasteiger partial charge in [0.1, 0.15) is 11.3 Å². The Bertz CT molecular complexity index is 501. The van der Waals surface area contributed by atoms with Crippen LogP contribution in [0.15, 0.2) is 18.2 Å². The maximum Gasteiger partial charge on any atom is 0.305 e. The van der Waals surface area contributed by atoms with Gasteiger partial charge in [-0.25, -0.2) is 0 Å². The van der Waals surface area contributed by atoms with Crippen LogP contribution in [0.5, 0.6) is 0 Å². The first-order valence-corrected chi connectivity index (χ1v) is 5.80. The van der Waals surface area contributed by atoms with Crippen molar-refractivity contribution in [3.05, 3.63) is 33.9 Å². The molecule has 1 saturated carbocycles. The standard InChI is InChI=1S/C12H15N3O3/c1-7-6-10(7)14-12(16)8-4-3-5-9(13-2)11(8)15(17)18/h3-5,7,10,13H,6H2,1-2H3,(H,14,16). The number of hydrogen-bond acceptors (Lipinski definition) is 4. The second kappa shape index (κ2) is 4.64. The molecule has 0 radical (unpaired) electrons. The number of para-hydroxylation sites is 1. The molecule has 0 spiro atoms. The summed E-state index contributed by atoms with van der Waals surface area (Å²) in [5, 5.41) is 16.6. The predicted octanol–water partition coefficient (Wildman–Crippen LogP) is 1.77. The highest BCUT2D eigenvalue weighted by Crippen LogP contribution is 2.32. The molecule has 0 heterocycles. The van der Waals surface area contributed by atoms with Crippen molar-refractivity contribution < 1.29 is 9.72 Å². The lowest BCUT2D eigenvalue weighted by atomic mass is 10.1. The van der Waals surface area contributed by atoms with Gasteiger partial charge in [-0.15, -0.1) is 0 Å². The number of nitro groups is 1. The van der Waals surface area contributed by atoms with Crippen molar-refractivity contribution in [2.45, 2.75) is 19.4 Å². The molecular formula is C12H15N3O3. The molecule has 0 aliphatic heterocycles. The second-order valence-corrected chi connectivity index (χ2v) is 4.50. The molecule has 2 atom stereocenters. The summed E-state index contributed by atoms with van der Waals surface area (Å²) in [6.07, 6.45) is 0.936. The number of carbonyl (C=O) groups excluding carboxylic acids is 1. The highest BCUT2D eigenvalue weighted by Gasteiger charge is 2.35. The van der Waals surface area contributed by atoms with Gasteiger partial charge in [-0.2, -0.15) is 0 Å². The Hall–Kier alpha value is -2.11. The fraction of sp³-hybridized carbons (Fsp3) is 0.417. The Morgan fingerprint density at radius 2 is 2.17 bits per heavy atom. The van der Waals surface area contributed by atoms with Gasteiger partial charge in [0.25, 0.3) is 5.91 Å². The molecule has 96 valence electrons. The summed E-state index contributed by atoms with van der Waals surface area (Å²) >= 11 is 0. The van der Waals surface area contributed by atoms with Gasteiger partial charge in [-0.1, -0.05) is 13.0 Å². The molecule has 2 unspecified atom stereocenters. The van der Waals surface area contributed by atoms with E-state index >= 15 is 0 Å². The third-order valence-electron chi connectivity index (χ3n) is 3.16. The van der Waals surface area contributed by atoms with Crippen LogP contribution in [0.4, 0.5) is 11.4 Å². The molecule has 0 bridgehead atoms. The molecule has 1 fully saturated rings. The highest BCUT2D eigenvalue weighted by molar-refractivity contribution is 6.00. The van der Waals surface area contributed by atoms with Gasteiger partial charge in [0.15, 0.2) is 0 Å². The largest absolute Gasteiger partial charge is 0.383 e. The monoisotopic (exact) mass is 249 g/mol. The normalized spacial score (nSPS) is 21.2. The molecule has 0 saturated heterocycles. The van der Waals surface area contributed by atoms with E-state index in [4.69, 9.17) is 0 Å². The first-order valence-electron chi connectivity index (χ1n) is 5.80. The number of nitrogens with zero attached hydrogens (tertiary/aromatic N) is 1. The van der Waals surface area contributed by atoms with Gasteiger partial charge in [-0.3, -0.25) is 14.9 Å². The van der Waals surface area contributed by atoms with E-state index in [1.54, 1.807) is 19.2 Å². The van der Waals surface area contributed by atoms with Crippen molar-refractivity contribution in [2.24, 2.45) is 5.92 Å². The van der Waals surface area contributed by atoms with Crippen LogP contribution in [0.3, 0.4) is 0 Å². The average molecular weight is 249 g/mol. The summed E-state index contributed by atoms with van der Waals surface area (Å²) in [6, 6.07) is 4.83. The van der Waals surface area contributed by atoms with Crippen molar-refractivity contribution in [3.63, 3.8) is 0 Å². The summed E-state index contributed by atoms with van der Waals surface area (Å²) in [4.78, 5) is 22.5. The van der Waals surface area contributed by atoms with Crippen molar-refractivity contribution >= 4 is 17.3 Å². The van der Waals surface area contributed by atoms with Crippen LogP contribution in [-0.4, -0.2) is 23.9 Å². The van der Waals surface area contributed by atoms with E-state index in [1.165, 1.54) is 6.07 Å². The number of hydrogen-bond donors (Lipinski definition) is 2. The lowest BCUT2D eigenvalue weighted by Gasteiger charge is -2.08. The topological polar surface area (TPSA) is 84.3 Å². The Balaban J connectivity index is 2.31. The van der Waals surface area contributed by atoms with Crippen LogP contribution in [0.25, 0.3) is 0 Å². The molecule has 0 aromatic heterocycles. The number of rotatable bonds is 4. The molecule has 18 heavy (non-hydrogen) atoms. The quantitative estimate of drug-likeness (QED) is 0.629. The Morgan fingerprint density at radius 1 is 1.50 bits per heavy atom. The first kappa shape index (κ1) is 12.3. The van der Waals surface area contributed by atoms with Crippen LogP contribution >= 0.6 is 0 Å². The van der Waals surface area contributed by atoms with Gasteiger partial charge in [0.05, 0.1) is 4.92 Å². The molecule has 2 rings (SSSR count). The van der Waals surface area contributed by atoms with E-state index in [9.17, 15) is 14.9 Å². The van der Waals surface area contributed by atoms with Crippen LogP contribution in [0.1, 0.15) is 23.7 Å². The molecule has 1 aromatic carbocycles. The molecule has 1 aliphatic carbocycles. The van der Waals surface area contributed by atoms with E-state index in [0.29, 0.717) is 11.6 Å². The number of amides is 1. The van der Waals surface area contributed by atoms with Crippen molar-refractivity contribution in [1.82, 2.24) is 5.32 Å². The fourth-order valence-electron chi connectivity index (χ4n) is 1.89. The third-order valence-corrected chi connectivity index (χ3v) is 3.16. The zero-order valence-corrected chi connectivity index (χ0v) is 10.3. The Kier molecular flexibility index (Phi) is 3.18. The maximum atomic E-state index is 12.0. The van der Waals surface area contributed by atoms with Crippen LogP contribution < -0.4 is 10.6 Å². The van der Waals surface area contributed by atoms with E-state index in [1.807, 2.05) is 6.92 Å². The van der Waals surface area contributed by atoms with Crippen molar-refractivity contribution in [3.8, 4) is 0 Å². The molecule has 1 amide bonds. The first-order chi connectivity index (χ1) is 8.54. The minimum atomic E-state index is -0.531. The lowest BCUT2D eigenvalue weighted by molar-refractivity contribution is -0.384. The number of nitro benzene ring substituents is 1. The predicted molar refractivity (Wildman–Crippen MR) is 67.7 cm³/mol. The van der Waals surface area contributed by atoms with Crippen molar-refractivity contribution in [1.29, 1.82) is 0 Å². The van der Waals surface area contributed by atoms with Gasteiger partial charge in [0, 0.05) is 13.1 Å². The van der Waals surface area contributed by atoms with E-state index in [2.05, 4.69) is 10.6 Å². The summed E-state index contributed by atoms with van der Waals surface area (Å²) in [5.41, 5.74) is 0.272. The zero-order valence-electron chi connectivity index (χ0n) is 10.3. The van der Waals surface area contributed by atoms with E-state index in [-0.39, 0.29) is 23.2 Å². The second-order valence-electron chi connectivity index (χ2n) is 4.50. The summed E-state index contributed by atoms with van der Waals surface area (Å²) in [5.74, 6) is 0.0774. The Morgan fingerprint density at radius 3 is 2.67 bits per heavy atom. The average Bonchev–Trinajstić information content (AvgIpc) is 3.03. The molecule has 2 N–H and O–H groups in total. The highest BCUT2D eigenvalue weighted by atomic mass is 16.6. The minimum absolute atomic E-state index is 0.103. The number of carbonyl (C=O) groups is 1. The smallest absolute Gasteiger partial charge is 0.305 e. The SMILES string of the molecule is CNc1cccc(C(=O)NC2CC2C)c1[N+](=O)[O-]. The third kappa shape index (κ3) is 2.27. The molecule has 6 heteroatoms. The van der Waals surface area contributed by atoms with Gasteiger partial charge in [0.2, 0.25) is 0 Å². The van der Waals surface area contributed by atoms with Crippen LogP contribution in [0.2, 0.25) is 0 Å². The fourth-order valence-corrected chi connectivity index (χ4v) is 1.89. The summed E-state index contributed by atoms with van der Waals surface area (Å²) in [6.45, 7) is 2.03. The zero-order chi connectivity index (χ0) is 13.3. The van der Waals surface area contributed by atoms with Crippen LogP contribution in [0, 0.1) is 16.0 Å². The molecule has 1 aromatic rings.